The third kappa shape index (κ3) is 3.04. The van der Waals surface area contributed by atoms with Gasteiger partial charge in [0.25, 0.3) is 0 Å². The number of aromatic nitrogens is 2. The molecule has 0 aliphatic heterocycles. The fourth-order valence-electron chi connectivity index (χ4n) is 1.44. The minimum absolute atomic E-state index is 0.183. The predicted octanol–water partition coefficient (Wildman–Crippen LogP) is 2.37. The minimum Gasteiger partial charge on any atom is -0.307 e. The molecule has 1 heterocycles. The smallest absolute Gasteiger partial charge is 0.249 e. The number of aromatic amines is 1. The molecule has 0 fully saturated rings. The SMILES string of the molecule is Cc1ccccc1C=CC(=O)Nc1ccn[nH]1. The average molecular weight is 227 g/mol. The summed E-state index contributed by atoms with van der Waals surface area (Å²) in [6.45, 7) is 2.01. The van der Waals surface area contributed by atoms with Crippen LogP contribution in [0, 0.1) is 6.92 Å². The van der Waals surface area contributed by atoms with Gasteiger partial charge in [0.2, 0.25) is 5.91 Å². The van der Waals surface area contributed by atoms with Gasteiger partial charge in [-0.05, 0) is 24.1 Å². The number of hydrogen-bond acceptors (Lipinski definition) is 2. The van der Waals surface area contributed by atoms with E-state index in [1.54, 1.807) is 18.3 Å². The van der Waals surface area contributed by atoms with Crippen LogP contribution in [0.25, 0.3) is 6.08 Å². The second-order valence-electron chi connectivity index (χ2n) is 3.65. The molecule has 0 saturated heterocycles. The maximum atomic E-state index is 11.5. The van der Waals surface area contributed by atoms with Gasteiger partial charge in [-0.1, -0.05) is 24.3 Å². The number of carbonyl (C=O) groups excluding carboxylic acids is 1. The van der Waals surface area contributed by atoms with Crippen LogP contribution in [0.1, 0.15) is 11.1 Å². The van der Waals surface area contributed by atoms with Gasteiger partial charge in [-0.15, -0.1) is 0 Å². The third-order valence-electron chi connectivity index (χ3n) is 2.36. The van der Waals surface area contributed by atoms with Crippen molar-refractivity contribution in [3.63, 3.8) is 0 Å². The summed E-state index contributed by atoms with van der Waals surface area (Å²) >= 11 is 0. The highest BCUT2D eigenvalue weighted by Crippen LogP contribution is 2.09. The lowest BCUT2D eigenvalue weighted by Crippen LogP contribution is -2.07. The van der Waals surface area contributed by atoms with E-state index in [9.17, 15) is 4.79 Å². The zero-order chi connectivity index (χ0) is 12.1. The van der Waals surface area contributed by atoms with Gasteiger partial charge in [-0.2, -0.15) is 5.10 Å². The van der Waals surface area contributed by atoms with E-state index in [4.69, 9.17) is 0 Å². The van der Waals surface area contributed by atoms with Gasteiger partial charge in [0, 0.05) is 12.1 Å². The Labute approximate surface area is 99.4 Å². The minimum atomic E-state index is -0.183. The van der Waals surface area contributed by atoms with Gasteiger partial charge in [-0.3, -0.25) is 9.89 Å². The maximum absolute atomic E-state index is 11.5. The lowest BCUT2D eigenvalue weighted by molar-refractivity contribution is -0.111. The first-order valence-corrected chi connectivity index (χ1v) is 5.30. The Morgan fingerprint density at radius 3 is 2.88 bits per heavy atom. The van der Waals surface area contributed by atoms with E-state index >= 15 is 0 Å². The number of rotatable bonds is 3. The molecule has 17 heavy (non-hydrogen) atoms. The van der Waals surface area contributed by atoms with E-state index in [0.29, 0.717) is 5.82 Å². The van der Waals surface area contributed by atoms with Gasteiger partial charge in [-0.25, -0.2) is 0 Å². The zero-order valence-corrected chi connectivity index (χ0v) is 9.47. The Kier molecular flexibility index (Phi) is 3.35. The van der Waals surface area contributed by atoms with E-state index in [-0.39, 0.29) is 5.91 Å². The van der Waals surface area contributed by atoms with Crippen molar-refractivity contribution in [1.82, 2.24) is 10.2 Å². The Balaban J connectivity index is 2.01. The summed E-state index contributed by atoms with van der Waals surface area (Å²) in [4.78, 5) is 11.5. The summed E-state index contributed by atoms with van der Waals surface area (Å²) < 4.78 is 0. The molecule has 0 bridgehead atoms. The van der Waals surface area contributed by atoms with Crippen molar-refractivity contribution >= 4 is 17.8 Å². The first kappa shape index (κ1) is 11.1. The second-order valence-corrected chi connectivity index (χ2v) is 3.65. The lowest BCUT2D eigenvalue weighted by atomic mass is 10.1. The molecule has 4 nitrogen and oxygen atoms in total. The molecule has 0 unspecified atom stereocenters. The molecule has 0 atom stereocenters. The van der Waals surface area contributed by atoms with E-state index in [1.807, 2.05) is 31.2 Å². The molecule has 4 heteroatoms. The van der Waals surface area contributed by atoms with Crippen LogP contribution in [0.5, 0.6) is 0 Å². The molecule has 0 radical (unpaired) electrons. The molecule has 86 valence electrons. The Morgan fingerprint density at radius 2 is 2.18 bits per heavy atom. The number of aryl methyl sites for hydroxylation is 1. The first-order chi connectivity index (χ1) is 8.25. The topological polar surface area (TPSA) is 57.8 Å². The fraction of sp³-hybridized carbons (Fsp3) is 0.0769. The van der Waals surface area contributed by atoms with Crippen molar-refractivity contribution in [2.75, 3.05) is 5.32 Å². The van der Waals surface area contributed by atoms with Crippen LogP contribution in [-0.4, -0.2) is 16.1 Å². The van der Waals surface area contributed by atoms with Crippen molar-refractivity contribution < 1.29 is 4.79 Å². The number of benzene rings is 1. The lowest BCUT2D eigenvalue weighted by Gasteiger charge is -1.99. The summed E-state index contributed by atoms with van der Waals surface area (Å²) in [5, 5.41) is 9.07. The summed E-state index contributed by atoms with van der Waals surface area (Å²) in [5.41, 5.74) is 2.17. The van der Waals surface area contributed by atoms with E-state index in [0.717, 1.165) is 11.1 Å². The molecular formula is C13H13N3O. The van der Waals surface area contributed by atoms with Gasteiger partial charge in [0.15, 0.2) is 0 Å². The molecule has 0 saturated carbocycles. The van der Waals surface area contributed by atoms with Crippen molar-refractivity contribution in [3.05, 3.63) is 53.7 Å². The van der Waals surface area contributed by atoms with Gasteiger partial charge in [0.05, 0.1) is 6.20 Å². The number of H-pyrrole nitrogens is 1. The molecule has 1 amide bonds. The van der Waals surface area contributed by atoms with Gasteiger partial charge in [0.1, 0.15) is 5.82 Å². The van der Waals surface area contributed by atoms with Crippen LogP contribution < -0.4 is 5.32 Å². The molecule has 1 aromatic heterocycles. The monoisotopic (exact) mass is 227 g/mol. The van der Waals surface area contributed by atoms with Crippen LogP contribution in [0.15, 0.2) is 42.6 Å². The second kappa shape index (κ2) is 5.12. The highest BCUT2D eigenvalue weighted by molar-refractivity contribution is 6.01. The highest BCUT2D eigenvalue weighted by atomic mass is 16.1. The van der Waals surface area contributed by atoms with E-state index < -0.39 is 0 Å². The van der Waals surface area contributed by atoms with Crippen LogP contribution in [0.4, 0.5) is 5.82 Å². The molecule has 0 aliphatic carbocycles. The van der Waals surface area contributed by atoms with Crippen molar-refractivity contribution in [1.29, 1.82) is 0 Å². The average Bonchev–Trinajstić information content (AvgIpc) is 2.81. The molecule has 0 aliphatic rings. The number of nitrogens with one attached hydrogen (secondary N) is 2. The normalized spacial score (nSPS) is 10.6. The number of hydrogen-bond donors (Lipinski definition) is 2. The molecule has 2 aromatic rings. The number of amides is 1. The van der Waals surface area contributed by atoms with Crippen molar-refractivity contribution in [2.45, 2.75) is 6.92 Å². The largest absolute Gasteiger partial charge is 0.307 e. The first-order valence-electron chi connectivity index (χ1n) is 5.30. The Hall–Kier alpha value is -2.36. The van der Waals surface area contributed by atoms with Gasteiger partial charge >= 0.3 is 0 Å². The number of carbonyl (C=O) groups is 1. The molecule has 0 spiro atoms. The predicted molar refractivity (Wildman–Crippen MR) is 67.4 cm³/mol. The molecular weight excluding hydrogens is 214 g/mol. The van der Waals surface area contributed by atoms with E-state index in [1.165, 1.54) is 6.08 Å². The summed E-state index contributed by atoms with van der Waals surface area (Å²) in [6.07, 6.45) is 4.88. The maximum Gasteiger partial charge on any atom is 0.249 e. The van der Waals surface area contributed by atoms with Crippen molar-refractivity contribution in [3.8, 4) is 0 Å². The third-order valence-corrected chi connectivity index (χ3v) is 2.36. The van der Waals surface area contributed by atoms with E-state index in [2.05, 4.69) is 15.5 Å². The molecule has 2 rings (SSSR count). The highest BCUT2D eigenvalue weighted by Gasteiger charge is 1.98. The number of nitrogens with zero attached hydrogens (tertiary/aromatic N) is 1. The van der Waals surface area contributed by atoms with Crippen LogP contribution >= 0.6 is 0 Å². The van der Waals surface area contributed by atoms with Crippen LogP contribution in [0.2, 0.25) is 0 Å². The summed E-state index contributed by atoms with van der Waals surface area (Å²) in [5.74, 6) is 0.405. The summed E-state index contributed by atoms with van der Waals surface area (Å²) in [7, 11) is 0. The fourth-order valence-corrected chi connectivity index (χ4v) is 1.44. The molecule has 2 N–H and O–H groups in total. The molecule has 1 aromatic carbocycles. The standard InChI is InChI=1S/C13H13N3O/c1-10-4-2-3-5-11(10)6-7-13(17)15-12-8-9-14-16-12/h2-9H,1H3,(H2,14,15,16,17). The zero-order valence-electron chi connectivity index (χ0n) is 9.47. The number of anilines is 1. The quantitative estimate of drug-likeness (QED) is 0.791. The van der Waals surface area contributed by atoms with Gasteiger partial charge < -0.3 is 5.32 Å². The van der Waals surface area contributed by atoms with Crippen LogP contribution in [0.3, 0.4) is 0 Å². The van der Waals surface area contributed by atoms with Crippen molar-refractivity contribution in [2.24, 2.45) is 0 Å². The summed E-state index contributed by atoms with van der Waals surface area (Å²) in [6, 6.07) is 9.58. The Bertz CT molecular complexity index is 529. The van der Waals surface area contributed by atoms with Crippen LogP contribution in [-0.2, 0) is 4.79 Å². The Morgan fingerprint density at radius 1 is 1.35 bits per heavy atom.